The molecule has 1 aliphatic rings. The second-order valence-electron chi connectivity index (χ2n) is 3.06. The van der Waals surface area contributed by atoms with Crippen LogP contribution in [0.15, 0.2) is 0 Å². The Morgan fingerprint density at radius 2 is 1.80 bits per heavy atom. The number of carbonyl (C=O) groups excluding carboxylic acids is 1. The van der Waals surface area contributed by atoms with Gasteiger partial charge in [0.2, 0.25) is 0 Å². The zero-order chi connectivity index (χ0) is 7.56. The van der Waals surface area contributed by atoms with Gasteiger partial charge in [0, 0.05) is 10.7 Å². The highest BCUT2D eigenvalue weighted by molar-refractivity contribution is 9.09. The summed E-state index contributed by atoms with van der Waals surface area (Å²) in [7, 11) is 0. The van der Waals surface area contributed by atoms with Gasteiger partial charge in [0.25, 0.3) is 0 Å². The molecular weight excluding hydrogens is 192 g/mol. The number of Topliss-reactive ketones (excluding diaryl/α,β-unsaturated/α-hetero) is 1. The third-order valence-corrected chi connectivity index (χ3v) is 3.15. The van der Waals surface area contributed by atoms with Gasteiger partial charge in [-0.25, -0.2) is 0 Å². The first kappa shape index (κ1) is 8.25. The van der Waals surface area contributed by atoms with Crippen LogP contribution in [0.4, 0.5) is 0 Å². The van der Waals surface area contributed by atoms with Crippen LogP contribution in [0.2, 0.25) is 0 Å². The summed E-state index contributed by atoms with van der Waals surface area (Å²) in [5.41, 5.74) is 0. The quantitative estimate of drug-likeness (QED) is 0.601. The molecule has 0 spiro atoms. The number of rotatable bonds is 1. The van der Waals surface area contributed by atoms with Gasteiger partial charge in [0.15, 0.2) is 0 Å². The van der Waals surface area contributed by atoms with Crippen molar-refractivity contribution in [3.8, 4) is 0 Å². The highest BCUT2D eigenvalue weighted by Gasteiger charge is 2.21. The first-order chi connectivity index (χ1) is 4.70. The molecule has 1 aliphatic carbocycles. The van der Waals surface area contributed by atoms with Crippen molar-refractivity contribution in [1.29, 1.82) is 0 Å². The van der Waals surface area contributed by atoms with Gasteiger partial charge in [-0.1, -0.05) is 15.9 Å². The summed E-state index contributed by atoms with van der Waals surface area (Å²) in [4.78, 5) is 11.6. The molecule has 0 saturated heterocycles. The zero-order valence-corrected chi connectivity index (χ0v) is 7.86. The number of alkyl halides is 1. The summed E-state index contributed by atoms with van der Waals surface area (Å²) in [6, 6.07) is 0. The predicted octanol–water partition coefficient (Wildman–Crippen LogP) is 2.53. The Labute approximate surface area is 70.3 Å². The fourth-order valence-electron chi connectivity index (χ4n) is 1.46. The summed E-state index contributed by atoms with van der Waals surface area (Å²) in [6.45, 7) is 1.71. The molecule has 0 radical (unpaired) electrons. The maximum Gasteiger partial charge on any atom is 0.132 e. The Hall–Kier alpha value is 0.150. The van der Waals surface area contributed by atoms with E-state index in [1.165, 1.54) is 12.8 Å². The van der Waals surface area contributed by atoms with Crippen LogP contribution in [0.1, 0.15) is 32.6 Å². The van der Waals surface area contributed by atoms with Gasteiger partial charge in [0.05, 0.1) is 0 Å². The van der Waals surface area contributed by atoms with E-state index < -0.39 is 0 Å². The van der Waals surface area contributed by atoms with E-state index in [1.54, 1.807) is 6.92 Å². The second-order valence-corrected chi connectivity index (χ2v) is 4.35. The van der Waals surface area contributed by atoms with Crippen LogP contribution >= 0.6 is 15.9 Å². The molecule has 0 aromatic heterocycles. The van der Waals surface area contributed by atoms with Crippen LogP contribution in [0.5, 0.6) is 0 Å². The van der Waals surface area contributed by atoms with E-state index >= 15 is 0 Å². The monoisotopic (exact) mass is 204 g/mol. The van der Waals surface area contributed by atoms with Crippen molar-refractivity contribution in [2.45, 2.75) is 37.4 Å². The molecule has 1 fully saturated rings. The summed E-state index contributed by atoms with van der Waals surface area (Å²) in [5, 5.41) is 0. The summed E-state index contributed by atoms with van der Waals surface area (Å²) in [5.74, 6) is 0.744. The molecule has 0 bridgehead atoms. The molecule has 1 rings (SSSR count). The first-order valence-electron chi connectivity index (χ1n) is 3.84. The Balaban J connectivity index is 2.33. The molecule has 0 atom stereocenters. The van der Waals surface area contributed by atoms with E-state index in [-0.39, 0.29) is 0 Å². The van der Waals surface area contributed by atoms with Gasteiger partial charge < -0.3 is 0 Å². The minimum absolute atomic E-state index is 0.369. The van der Waals surface area contributed by atoms with Crippen LogP contribution in [0.25, 0.3) is 0 Å². The molecule has 1 saturated carbocycles. The lowest BCUT2D eigenvalue weighted by molar-refractivity contribution is -0.121. The van der Waals surface area contributed by atoms with Crippen molar-refractivity contribution < 1.29 is 4.79 Å². The molecule has 0 heterocycles. The summed E-state index contributed by atoms with van der Waals surface area (Å²) >= 11 is 3.55. The Kier molecular flexibility index (Phi) is 2.90. The highest BCUT2D eigenvalue weighted by atomic mass is 79.9. The van der Waals surface area contributed by atoms with Gasteiger partial charge in [-0.2, -0.15) is 0 Å². The average Bonchev–Trinajstić information content (AvgIpc) is 1.88. The largest absolute Gasteiger partial charge is 0.300 e. The molecule has 58 valence electrons. The first-order valence-corrected chi connectivity index (χ1v) is 4.76. The Morgan fingerprint density at radius 1 is 1.30 bits per heavy atom. The zero-order valence-electron chi connectivity index (χ0n) is 6.27. The Bertz CT molecular complexity index is 125. The van der Waals surface area contributed by atoms with Crippen LogP contribution in [-0.4, -0.2) is 10.6 Å². The summed E-state index contributed by atoms with van der Waals surface area (Å²) < 4.78 is 0. The Morgan fingerprint density at radius 3 is 2.20 bits per heavy atom. The van der Waals surface area contributed by atoms with Gasteiger partial charge in [-0.3, -0.25) is 4.79 Å². The molecule has 10 heavy (non-hydrogen) atoms. The van der Waals surface area contributed by atoms with Gasteiger partial charge >= 0.3 is 0 Å². The molecule has 0 aromatic rings. The van der Waals surface area contributed by atoms with Crippen molar-refractivity contribution in [2.75, 3.05) is 0 Å². The van der Waals surface area contributed by atoms with Crippen LogP contribution in [0, 0.1) is 5.92 Å². The van der Waals surface area contributed by atoms with Gasteiger partial charge in [-0.15, -0.1) is 0 Å². The smallest absolute Gasteiger partial charge is 0.132 e. The molecule has 2 heteroatoms. The van der Waals surface area contributed by atoms with E-state index in [1.807, 2.05) is 0 Å². The number of hydrogen-bond acceptors (Lipinski definition) is 1. The van der Waals surface area contributed by atoms with Gasteiger partial charge in [-0.05, 0) is 32.6 Å². The number of carbonyl (C=O) groups is 1. The lowest BCUT2D eigenvalue weighted by atomic mass is 9.87. The normalized spacial score (nSPS) is 33.8. The number of ketones is 1. The van der Waals surface area contributed by atoms with E-state index in [2.05, 4.69) is 15.9 Å². The fraction of sp³-hybridized carbons (Fsp3) is 0.875. The minimum Gasteiger partial charge on any atom is -0.300 e. The average molecular weight is 205 g/mol. The molecule has 0 N–H and O–H groups in total. The lowest BCUT2D eigenvalue weighted by Crippen LogP contribution is -2.19. The second kappa shape index (κ2) is 3.51. The van der Waals surface area contributed by atoms with Crippen LogP contribution in [0.3, 0.4) is 0 Å². The molecule has 0 aliphatic heterocycles. The standard InChI is InChI=1S/C8H13BrO/c1-6(10)7-2-4-8(9)5-3-7/h7-8H,2-5H2,1H3. The minimum atomic E-state index is 0.369. The van der Waals surface area contributed by atoms with Crippen LogP contribution < -0.4 is 0 Å². The van der Waals surface area contributed by atoms with E-state index in [0.717, 1.165) is 12.8 Å². The van der Waals surface area contributed by atoms with Crippen molar-refractivity contribution >= 4 is 21.7 Å². The highest BCUT2D eigenvalue weighted by Crippen LogP contribution is 2.28. The summed E-state index contributed by atoms with van der Waals surface area (Å²) in [6.07, 6.45) is 4.52. The number of hydrogen-bond donors (Lipinski definition) is 0. The van der Waals surface area contributed by atoms with Crippen molar-refractivity contribution in [2.24, 2.45) is 5.92 Å². The third kappa shape index (κ3) is 2.08. The molecular formula is C8H13BrO. The molecule has 0 unspecified atom stereocenters. The predicted molar refractivity (Wildman–Crippen MR) is 45.4 cm³/mol. The number of halogens is 1. The SMILES string of the molecule is CC(=O)C1CCC(Br)CC1. The fourth-order valence-corrected chi connectivity index (χ4v) is 1.99. The maximum atomic E-state index is 10.9. The molecule has 0 amide bonds. The van der Waals surface area contributed by atoms with E-state index in [9.17, 15) is 4.79 Å². The molecule has 1 nitrogen and oxygen atoms in total. The third-order valence-electron chi connectivity index (χ3n) is 2.23. The lowest BCUT2D eigenvalue weighted by Gasteiger charge is -2.22. The molecule has 0 aromatic carbocycles. The maximum absolute atomic E-state index is 10.9. The van der Waals surface area contributed by atoms with Crippen LogP contribution in [-0.2, 0) is 4.79 Å². The van der Waals surface area contributed by atoms with E-state index in [4.69, 9.17) is 0 Å². The van der Waals surface area contributed by atoms with Crippen molar-refractivity contribution in [3.05, 3.63) is 0 Å². The topological polar surface area (TPSA) is 17.1 Å². The van der Waals surface area contributed by atoms with Crippen molar-refractivity contribution in [1.82, 2.24) is 0 Å². The van der Waals surface area contributed by atoms with E-state index in [0.29, 0.717) is 16.5 Å². The van der Waals surface area contributed by atoms with Gasteiger partial charge in [0.1, 0.15) is 5.78 Å². The van der Waals surface area contributed by atoms with Crippen molar-refractivity contribution in [3.63, 3.8) is 0 Å².